The average molecular weight is 337 g/mol. The lowest BCUT2D eigenvalue weighted by molar-refractivity contribution is 0.445. The summed E-state index contributed by atoms with van der Waals surface area (Å²) in [6.45, 7) is 6.39. The van der Waals surface area contributed by atoms with Gasteiger partial charge in [0.2, 0.25) is 10.0 Å². The van der Waals surface area contributed by atoms with Crippen molar-refractivity contribution in [3.63, 3.8) is 0 Å². The van der Waals surface area contributed by atoms with Crippen LogP contribution in [0.4, 0.5) is 0 Å². The molecule has 0 radical (unpaired) electrons. The summed E-state index contributed by atoms with van der Waals surface area (Å²) >= 11 is 1.63. The van der Waals surface area contributed by atoms with E-state index in [4.69, 9.17) is 0 Å². The van der Waals surface area contributed by atoms with E-state index in [0.29, 0.717) is 18.0 Å². The Labute approximate surface area is 135 Å². The third-order valence-electron chi connectivity index (χ3n) is 3.86. The van der Waals surface area contributed by atoms with Gasteiger partial charge in [0.25, 0.3) is 0 Å². The standard InChI is InChI=1S/C15H19N3O2S2/c1-3-17(4-2)22(19,20)13-7-5-12(6-8-13)14-11-21-15-16-9-10-18(14)15/h5-8,11H,3-4,9-10H2,1-2H3. The number of thioether (sulfide) groups is 1. The summed E-state index contributed by atoms with van der Waals surface area (Å²) in [4.78, 5) is 6.95. The Morgan fingerprint density at radius 3 is 2.55 bits per heavy atom. The zero-order chi connectivity index (χ0) is 15.7. The minimum Gasteiger partial charge on any atom is -0.318 e. The van der Waals surface area contributed by atoms with Gasteiger partial charge in [-0.1, -0.05) is 37.7 Å². The van der Waals surface area contributed by atoms with Crippen LogP contribution in [0.2, 0.25) is 0 Å². The fourth-order valence-electron chi connectivity index (χ4n) is 2.66. The highest BCUT2D eigenvalue weighted by Crippen LogP contribution is 2.35. The molecule has 7 heteroatoms. The van der Waals surface area contributed by atoms with E-state index in [1.807, 2.05) is 26.0 Å². The molecular formula is C15H19N3O2S2. The van der Waals surface area contributed by atoms with Crippen LogP contribution in [0, 0.1) is 0 Å². The Morgan fingerprint density at radius 1 is 1.23 bits per heavy atom. The molecule has 1 aromatic rings. The van der Waals surface area contributed by atoms with Crippen molar-refractivity contribution in [3.05, 3.63) is 35.2 Å². The maximum absolute atomic E-state index is 12.5. The number of nitrogens with zero attached hydrogens (tertiary/aromatic N) is 3. The fourth-order valence-corrected chi connectivity index (χ4v) is 5.08. The van der Waals surface area contributed by atoms with Gasteiger partial charge in [-0.25, -0.2) is 8.42 Å². The van der Waals surface area contributed by atoms with Crippen LogP contribution in [0.25, 0.3) is 5.70 Å². The van der Waals surface area contributed by atoms with Crippen LogP contribution in [-0.2, 0) is 10.0 Å². The molecule has 0 unspecified atom stereocenters. The lowest BCUT2D eigenvalue weighted by Gasteiger charge is -2.19. The summed E-state index contributed by atoms with van der Waals surface area (Å²) in [5, 5.41) is 3.11. The third-order valence-corrected chi connectivity index (χ3v) is 6.83. The van der Waals surface area contributed by atoms with Gasteiger partial charge in [-0.15, -0.1) is 0 Å². The van der Waals surface area contributed by atoms with Gasteiger partial charge in [0, 0.05) is 25.0 Å². The smallest absolute Gasteiger partial charge is 0.243 e. The van der Waals surface area contributed by atoms with E-state index in [1.54, 1.807) is 23.9 Å². The van der Waals surface area contributed by atoms with Crippen molar-refractivity contribution in [2.45, 2.75) is 18.7 Å². The molecule has 0 saturated heterocycles. The number of rotatable bonds is 5. The first-order valence-corrected chi connectivity index (χ1v) is 9.69. The molecule has 118 valence electrons. The van der Waals surface area contributed by atoms with Crippen LogP contribution in [0.5, 0.6) is 0 Å². The second-order valence-corrected chi connectivity index (χ2v) is 7.83. The normalized spacial score (nSPS) is 17.7. The largest absolute Gasteiger partial charge is 0.318 e. The van der Waals surface area contributed by atoms with Crippen LogP contribution >= 0.6 is 11.8 Å². The van der Waals surface area contributed by atoms with E-state index in [2.05, 4.69) is 15.3 Å². The Morgan fingerprint density at radius 2 is 1.91 bits per heavy atom. The lowest BCUT2D eigenvalue weighted by atomic mass is 10.1. The van der Waals surface area contributed by atoms with Gasteiger partial charge >= 0.3 is 0 Å². The number of aliphatic imine (C=N–C) groups is 1. The summed E-state index contributed by atoms with van der Waals surface area (Å²) in [5.74, 6) is 0. The summed E-state index contributed by atoms with van der Waals surface area (Å²) in [6.07, 6.45) is 0. The fraction of sp³-hybridized carbons (Fsp3) is 0.400. The van der Waals surface area contributed by atoms with Crippen molar-refractivity contribution < 1.29 is 8.42 Å². The van der Waals surface area contributed by atoms with Crippen molar-refractivity contribution in [2.75, 3.05) is 26.2 Å². The van der Waals surface area contributed by atoms with E-state index in [9.17, 15) is 8.42 Å². The number of benzene rings is 1. The van der Waals surface area contributed by atoms with E-state index >= 15 is 0 Å². The molecule has 0 aliphatic carbocycles. The molecule has 0 N–H and O–H groups in total. The van der Waals surface area contributed by atoms with Crippen molar-refractivity contribution >= 4 is 32.6 Å². The van der Waals surface area contributed by atoms with Crippen molar-refractivity contribution in [1.82, 2.24) is 9.21 Å². The predicted molar refractivity (Wildman–Crippen MR) is 91.1 cm³/mol. The zero-order valence-electron chi connectivity index (χ0n) is 12.7. The Kier molecular flexibility index (Phi) is 4.29. The molecule has 0 saturated carbocycles. The third kappa shape index (κ3) is 2.57. The van der Waals surface area contributed by atoms with Gasteiger partial charge < -0.3 is 4.90 Å². The molecule has 22 heavy (non-hydrogen) atoms. The number of hydrogen-bond acceptors (Lipinski definition) is 5. The van der Waals surface area contributed by atoms with Crippen LogP contribution in [0.15, 0.2) is 39.6 Å². The molecule has 3 rings (SSSR count). The molecule has 1 aromatic carbocycles. The van der Waals surface area contributed by atoms with Crippen LogP contribution in [0.1, 0.15) is 19.4 Å². The summed E-state index contributed by atoms with van der Waals surface area (Å²) < 4.78 is 26.4. The molecule has 5 nitrogen and oxygen atoms in total. The van der Waals surface area contributed by atoms with Crippen molar-refractivity contribution in [3.8, 4) is 0 Å². The second-order valence-electron chi connectivity index (χ2n) is 5.05. The summed E-state index contributed by atoms with van der Waals surface area (Å²) in [5.41, 5.74) is 2.13. The van der Waals surface area contributed by atoms with Crippen molar-refractivity contribution in [2.24, 2.45) is 4.99 Å². The molecule has 0 bridgehead atoms. The minimum absolute atomic E-state index is 0.349. The zero-order valence-corrected chi connectivity index (χ0v) is 14.3. The first kappa shape index (κ1) is 15.6. The highest BCUT2D eigenvalue weighted by atomic mass is 32.2. The van der Waals surface area contributed by atoms with Gasteiger partial charge in [-0.3, -0.25) is 4.99 Å². The van der Waals surface area contributed by atoms with Gasteiger partial charge in [0.05, 0.1) is 17.1 Å². The lowest BCUT2D eigenvalue weighted by Crippen LogP contribution is -2.30. The molecule has 2 heterocycles. The van der Waals surface area contributed by atoms with Crippen LogP contribution in [-0.4, -0.2) is 49.0 Å². The molecule has 2 aliphatic heterocycles. The SMILES string of the molecule is CCN(CC)S(=O)(=O)c1ccc(C2=CSC3=NCCN23)cc1. The number of hydrogen-bond donors (Lipinski definition) is 0. The first-order valence-electron chi connectivity index (χ1n) is 7.37. The first-order chi connectivity index (χ1) is 10.6. The topological polar surface area (TPSA) is 53.0 Å². The Balaban J connectivity index is 1.86. The van der Waals surface area contributed by atoms with Gasteiger partial charge in [0.1, 0.15) is 0 Å². The molecule has 0 spiro atoms. The van der Waals surface area contributed by atoms with Crippen molar-refractivity contribution in [1.29, 1.82) is 0 Å². The van der Waals surface area contributed by atoms with Gasteiger partial charge in [-0.2, -0.15) is 4.31 Å². The Bertz CT molecular complexity index is 720. The van der Waals surface area contributed by atoms with E-state index < -0.39 is 10.0 Å². The Hall–Kier alpha value is -1.31. The molecule has 0 aromatic heterocycles. The van der Waals surface area contributed by atoms with Gasteiger partial charge in [0.15, 0.2) is 5.17 Å². The summed E-state index contributed by atoms with van der Waals surface area (Å²) in [7, 11) is -3.39. The van der Waals surface area contributed by atoms with E-state index in [1.165, 1.54) is 4.31 Å². The number of sulfonamides is 1. The molecule has 2 aliphatic rings. The minimum atomic E-state index is -3.39. The molecular weight excluding hydrogens is 318 g/mol. The monoisotopic (exact) mass is 337 g/mol. The maximum Gasteiger partial charge on any atom is 0.243 e. The molecule has 0 amide bonds. The van der Waals surface area contributed by atoms with Crippen LogP contribution < -0.4 is 0 Å². The second kappa shape index (κ2) is 6.06. The maximum atomic E-state index is 12.5. The van der Waals surface area contributed by atoms with Crippen LogP contribution in [0.3, 0.4) is 0 Å². The predicted octanol–water partition coefficient (Wildman–Crippen LogP) is 2.43. The molecule has 0 atom stereocenters. The highest BCUT2D eigenvalue weighted by Gasteiger charge is 2.27. The van der Waals surface area contributed by atoms with E-state index in [-0.39, 0.29) is 0 Å². The summed E-state index contributed by atoms with van der Waals surface area (Å²) in [6, 6.07) is 7.15. The van der Waals surface area contributed by atoms with Gasteiger partial charge in [-0.05, 0) is 17.7 Å². The number of amidine groups is 1. The highest BCUT2D eigenvalue weighted by molar-refractivity contribution is 8.16. The average Bonchev–Trinajstić information content (AvgIpc) is 3.11. The number of fused-ring (bicyclic) bond motifs is 1. The van der Waals surface area contributed by atoms with E-state index in [0.717, 1.165) is 29.5 Å². The molecule has 0 fully saturated rings. The quantitative estimate of drug-likeness (QED) is 0.828.